The van der Waals surface area contributed by atoms with Crippen LogP contribution < -0.4 is 5.32 Å². The molecule has 0 saturated heterocycles. The number of carbonyl (C=O) groups excluding carboxylic acids is 1. The summed E-state index contributed by atoms with van der Waals surface area (Å²) in [5, 5.41) is 23.0. The van der Waals surface area contributed by atoms with Crippen molar-refractivity contribution in [3.05, 3.63) is 48.6 Å². The van der Waals surface area contributed by atoms with Crippen LogP contribution in [0.5, 0.6) is 0 Å². The van der Waals surface area contributed by atoms with Crippen LogP contribution in [0.15, 0.2) is 48.6 Å². The molecular formula is C47H87NO3. The van der Waals surface area contributed by atoms with E-state index in [1.807, 2.05) is 6.08 Å². The first-order valence-electron chi connectivity index (χ1n) is 22.4. The van der Waals surface area contributed by atoms with E-state index in [-0.39, 0.29) is 12.5 Å². The summed E-state index contributed by atoms with van der Waals surface area (Å²) in [5.74, 6) is -0.0791. The van der Waals surface area contributed by atoms with Gasteiger partial charge < -0.3 is 15.5 Å². The van der Waals surface area contributed by atoms with Crippen molar-refractivity contribution in [3.8, 4) is 0 Å². The molecule has 0 radical (unpaired) electrons. The van der Waals surface area contributed by atoms with Gasteiger partial charge in [-0.3, -0.25) is 4.79 Å². The van der Waals surface area contributed by atoms with Crippen molar-refractivity contribution in [3.63, 3.8) is 0 Å². The molecule has 0 fully saturated rings. The van der Waals surface area contributed by atoms with Gasteiger partial charge in [-0.25, -0.2) is 0 Å². The van der Waals surface area contributed by atoms with Crippen LogP contribution in [0, 0.1) is 0 Å². The minimum Gasteiger partial charge on any atom is -0.394 e. The molecule has 0 aromatic heterocycles. The summed E-state index contributed by atoms with van der Waals surface area (Å²) in [6.07, 6.45) is 57.9. The van der Waals surface area contributed by atoms with Crippen molar-refractivity contribution in [2.45, 2.75) is 238 Å². The lowest BCUT2D eigenvalue weighted by molar-refractivity contribution is -0.123. The van der Waals surface area contributed by atoms with Crippen LogP contribution >= 0.6 is 0 Å². The highest BCUT2D eigenvalue weighted by molar-refractivity contribution is 5.76. The molecule has 3 N–H and O–H groups in total. The molecule has 51 heavy (non-hydrogen) atoms. The smallest absolute Gasteiger partial charge is 0.220 e. The van der Waals surface area contributed by atoms with E-state index in [4.69, 9.17) is 0 Å². The summed E-state index contributed by atoms with van der Waals surface area (Å²) < 4.78 is 0. The number of aliphatic hydroxyl groups is 2. The molecule has 0 rings (SSSR count). The van der Waals surface area contributed by atoms with E-state index < -0.39 is 12.1 Å². The van der Waals surface area contributed by atoms with Gasteiger partial charge in [0.15, 0.2) is 0 Å². The molecule has 0 aliphatic carbocycles. The summed E-state index contributed by atoms with van der Waals surface area (Å²) in [6, 6.07) is -0.641. The number of allylic oxidation sites excluding steroid dienone is 7. The predicted octanol–water partition coefficient (Wildman–Crippen LogP) is 14.0. The number of nitrogens with one attached hydrogen (secondary N) is 1. The van der Waals surface area contributed by atoms with E-state index in [9.17, 15) is 15.0 Å². The highest BCUT2D eigenvalue weighted by Gasteiger charge is 2.17. The molecule has 2 atom stereocenters. The molecule has 4 heteroatoms. The quantitative estimate of drug-likeness (QED) is 0.0437. The topological polar surface area (TPSA) is 69.6 Å². The van der Waals surface area contributed by atoms with Crippen molar-refractivity contribution < 1.29 is 15.0 Å². The van der Waals surface area contributed by atoms with E-state index in [0.717, 1.165) is 38.5 Å². The second-order valence-corrected chi connectivity index (χ2v) is 15.1. The molecule has 0 aliphatic heterocycles. The molecular weight excluding hydrogens is 627 g/mol. The molecule has 1 amide bonds. The third-order valence-electron chi connectivity index (χ3n) is 10.0. The average molecular weight is 714 g/mol. The van der Waals surface area contributed by atoms with Gasteiger partial charge in [0, 0.05) is 6.42 Å². The zero-order valence-electron chi connectivity index (χ0n) is 34.1. The molecule has 4 nitrogen and oxygen atoms in total. The molecule has 2 unspecified atom stereocenters. The lowest BCUT2D eigenvalue weighted by atomic mass is 10.1. The Balaban J connectivity index is 3.59. The van der Waals surface area contributed by atoms with E-state index in [1.165, 1.54) is 167 Å². The van der Waals surface area contributed by atoms with Gasteiger partial charge in [-0.2, -0.15) is 0 Å². The van der Waals surface area contributed by atoms with Crippen molar-refractivity contribution in [1.82, 2.24) is 5.32 Å². The Morgan fingerprint density at radius 1 is 0.471 bits per heavy atom. The standard InChI is InChI=1S/C47H87NO3/c1-3-5-7-9-11-13-15-17-19-20-21-22-23-24-25-26-27-28-29-31-33-35-37-39-41-43-47(51)48-45(44-49)46(50)42-40-38-36-34-32-30-18-16-14-12-10-8-6-4-2/h21-22,24-25,32,34,40,42,45-46,49-50H,3-20,23,26-31,33,35-39,41,43-44H2,1-2H3,(H,48,51)/b22-21-,25-24-,34-32+,42-40+. The Morgan fingerprint density at radius 3 is 1.25 bits per heavy atom. The van der Waals surface area contributed by atoms with Gasteiger partial charge in [-0.05, 0) is 64.2 Å². The van der Waals surface area contributed by atoms with Crippen LogP contribution in [0.25, 0.3) is 0 Å². The fourth-order valence-electron chi connectivity index (χ4n) is 6.58. The van der Waals surface area contributed by atoms with Gasteiger partial charge in [0.2, 0.25) is 5.91 Å². The Morgan fingerprint density at radius 2 is 0.824 bits per heavy atom. The highest BCUT2D eigenvalue weighted by atomic mass is 16.3. The zero-order chi connectivity index (χ0) is 37.1. The van der Waals surface area contributed by atoms with Gasteiger partial charge in [0.05, 0.1) is 18.8 Å². The Kier molecular flexibility index (Phi) is 41.4. The van der Waals surface area contributed by atoms with Crippen LogP contribution in [0.1, 0.15) is 226 Å². The summed E-state index contributed by atoms with van der Waals surface area (Å²) in [5.41, 5.74) is 0. The highest BCUT2D eigenvalue weighted by Crippen LogP contribution is 2.14. The molecule has 298 valence electrons. The van der Waals surface area contributed by atoms with Crippen LogP contribution in [0.3, 0.4) is 0 Å². The summed E-state index contributed by atoms with van der Waals surface area (Å²) in [6.45, 7) is 4.29. The number of hydrogen-bond donors (Lipinski definition) is 3. The van der Waals surface area contributed by atoms with E-state index in [1.54, 1.807) is 6.08 Å². The Labute approximate surface area is 318 Å². The minimum absolute atomic E-state index is 0.0791. The maximum atomic E-state index is 12.4. The second kappa shape index (κ2) is 42.8. The van der Waals surface area contributed by atoms with E-state index in [2.05, 4.69) is 55.6 Å². The van der Waals surface area contributed by atoms with Crippen LogP contribution in [0.4, 0.5) is 0 Å². The van der Waals surface area contributed by atoms with Crippen molar-refractivity contribution in [2.24, 2.45) is 0 Å². The third kappa shape index (κ3) is 39.4. The van der Waals surface area contributed by atoms with Crippen LogP contribution in [-0.2, 0) is 4.79 Å². The summed E-state index contributed by atoms with van der Waals surface area (Å²) in [4.78, 5) is 12.4. The SMILES string of the molecule is CCCCCCCCCC/C=C/CC/C=C/C(O)C(CO)NC(=O)CCCCCCCCCCC/C=C\C/C=C\CCCCCCCCCCC. The lowest BCUT2D eigenvalue weighted by Gasteiger charge is -2.19. The molecule has 0 spiro atoms. The predicted molar refractivity (Wildman–Crippen MR) is 225 cm³/mol. The number of carbonyl (C=O) groups is 1. The number of amides is 1. The van der Waals surface area contributed by atoms with E-state index >= 15 is 0 Å². The minimum atomic E-state index is -0.863. The Hall–Kier alpha value is -1.65. The third-order valence-corrected chi connectivity index (χ3v) is 10.0. The molecule has 0 saturated carbocycles. The molecule has 0 aromatic rings. The number of rotatable bonds is 40. The van der Waals surface area contributed by atoms with Crippen LogP contribution in [0.2, 0.25) is 0 Å². The lowest BCUT2D eigenvalue weighted by Crippen LogP contribution is -2.45. The van der Waals surface area contributed by atoms with Crippen molar-refractivity contribution in [2.75, 3.05) is 6.61 Å². The zero-order valence-corrected chi connectivity index (χ0v) is 34.1. The largest absolute Gasteiger partial charge is 0.394 e. The number of unbranched alkanes of at least 4 members (excludes halogenated alkanes) is 27. The molecule has 0 heterocycles. The average Bonchev–Trinajstić information content (AvgIpc) is 3.13. The monoisotopic (exact) mass is 714 g/mol. The van der Waals surface area contributed by atoms with Gasteiger partial charge in [-0.1, -0.05) is 204 Å². The fraction of sp³-hybridized carbons (Fsp3) is 0.809. The molecule has 0 aliphatic rings. The first kappa shape index (κ1) is 49.4. The Bertz CT molecular complexity index is 816. The normalized spacial score (nSPS) is 13.4. The van der Waals surface area contributed by atoms with Crippen LogP contribution in [-0.4, -0.2) is 34.9 Å². The summed E-state index contributed by atoms with van der Waals surface area (Å²) >= 11 is 0. The van der Waals surface area contributed by atoms with Gasteiger partial charge in [0.1, 0.15) is 0 Å². The van der Waals surface area contributed by atoms with E-state index in [0.29, 0.717) is 6.42 Å². The molecule has 0 aromatic carbocycles. The summed E-state index contributed by atoms with van der Waals surface area (Å²) in [7, 11) is 0. The molecule has 0 bridgehead atoms. The van der Waals surface area contributed by atoms with Crippen molar-refractivity contribution >= 4 is 5.91 Å². The number of hydrogen-bond acceptors (Lipinski definition) is 3. The first-order valence-corrected chi connectivity index (χ1v) is 22.4. The maximum Gasteiger partial charge on any atom is 0.220 e. The first-order chi connectivity index (χ1) is 25.2. The van der Waals surface area contributed by atoms with Gasteiger partial charge in [0.25, 0.3) is 0 Å². The van der Waals surface area contributed by atoms with Crippen molar-refractivity contribution in [1.29, 1.82) is 0 Å². The number of aliphatic hydroxyl groups excluding tert-OH is 2. The maximum absolute atomic E-state index is 12.4. The fourth-order valence-corrected chi connectivity index (χ4v) is 6.58. The van der Waals surface area contributed by atoms with Gasteiger partial charge >= 0.3 is 0 Å². The second-order valence-electron chi connectivity index (χ2n) is 15.1. The van der Waals surface area contributed by atoms with Gasteiger partial charge in [-0.15, -0.1) is 0 Å².